The Balaban J connectivity index is 3.02. The monoisotopic (exact) mass is 320 g/mol. The summed E-state index contributed by atoms with van der Waals surface area (Å²) in [5.41, 5.74) is 0. The van der Waals surface area contributed by atoms with Crippen molar-refractivity contribution in [1.29, 1.82) is 0 Å². The van der Waals surface area contributed by atoms with Gasteiger partial charge in [-0.25, -0.2) is 0 Å². The molecule has 0 N–H and O–H groups in total. The zero-order valence-corrected chi connectivity index (χ0v) is 15.8. The first kappa shape index (κ1) is 20.7. The molecule has 0 aromatic rings. The SMILES string of the molecule is CCCCCCCCCCCCCCP(Cl)CCCC. The second-order valence-corrected chi connectivity index (χ2v) is 9.41. The van der Waals surface area contributed by atoms with E-state index in [2.05, 4.69) is 13.8 Å². The molecule has 2 heteroatoms. The number of rotatable bonds is 16. The van der Waals surface area contributed by atoms with E-state index in [1.807, 2.05) is 0 Å². The molecule has 20 heavy (non-hydrogen) atoms. The van der Waals surface area contributed by atoms with Crippen LogP contribution in [0, 0.1) is 0 Å². The van der Waals surface area contributed by atoms with Crippen LogP contribution < -0.4 is 0 Å². The summed E-state index contributed by atoms with van der Waals surface area (Å²) in [5.74, 6) is 0. The van der Waals surface area contributed by atoms with Crippen molar-refractivity contribution >= 4 is 18.5 Å². The van der Waals surface area contributed by atoms with Crippen LogP contribution >= 0.6 is 18.5 Å². The van der Waals surface area contributed by atoms with E-state index in [0.29, 0.717) is 0 Å². The molecule has 0 saturated heterocycles. The predicted molar refractivity (Wildman–Crippen MR) is 98.5 cm³/mol. The minimum Gasteiger partial charge on any atom is -0.0964 e. The molecule has 0 amide bonds. The maximum Gasteiger partial charge on any atom is -0.00973 e. The van der Waals surface area contributed by atoms with E-state index in [9.17, 15) is 0 Å². The molecule has 0 nitrogen and oxygen atoms in total. The lowest BCUT2D eigenvalue weighted by Crippen LogP contribution is -1.87. The Kier molecular flexibility index (Phi) is 18.4. The van der Waals surface area contributed by atoms with Crippen LogP contribution in [0.5, 0.6) is 0 Å². The second-order valence-electron chi connectivity index (χ2n) is 6.15. The molecule has 0 aliphatic carbocycles. The van der Waals surface area contributed by atoms with Crippen LogP contribution in [0.3, 0.4) is 0 Å². The fourth-order valence-electron chi connectivity index (χ4n) is 2.57. The topological polar surface area (TPSA) is 0 Å². The van der Waals surface area contributed by atoms with Crippen LogP contribution in [-0.4, -0.2) is 12.3 Å². The third-order valence-corrected chi connectivity index (χ3v) is 6.63. The van der Waals surface area contributed by atoms with Gasteiger partial charge in [0.05, 0.1) is 0 Å². The van der Waals surface area contributed by atoms with Gasteiger partial charge in [-0.05, 0) is 32.4 Å². The van der Waals surface area contributed by atoms with Crippen LogP contribution in [-0.2, 0) is 0 Å². The summed E-state index contributed by atoms with van der Waals surface area (Å²) >= 11 is 6.36. The quantitative estimate of drug-likeness (QED) is 0.199. The third-order valence-electron chi connectivity index (χ3n) is 4.01. The first-order chi connectivity index (χ1) is 9.81. The summed E-state index contributed by atoms with van der Waals surface area (Å²) < 4.78 is 0. The van der Waals surface area contributed by atoms with E-state index in [1.54, 1.807) is 0 Å². The van der Waals surface area contributed by atoms with Crippen LogP contribution in [0.15, 0.2) is 0 Å². The average Bonchev–Trinajstić information content (AvgIpc) is 2.46. The van der Waals surface area contributed by atoms with Crippen molar-refractivity contribution in [1.82, 2.24) is 0 Å². The van der Waals surface area contributed by atoms with Gasteiger partial charge in [0.15, 0.2) is 0 Å². The first-order valence-corrected chi connectivity index (χ1v) is 11.8. The zero-order valence-electron chi connectivity index (χ0n) is 14.1. The Bertz CT molecular complexity index is 173. The molecule has 0 aromatic carbocycles. The Morgan fingerprint density at radius 2 is 0.850 bits per heavy atom. The molecule has 0 aliphatic rings. The van der Waals surface area contributed by atoms with Crippen molar-refractivity contribution in [3.05, 3.63) is 0 Å². The zero-order chi connectivity index (χ0) is 14.9. The van der Waals surface area contributed by atoms with Crippen LogP contribution in [0.1, 0.15) is 104 Å². The lowest BCUT2D eigenvalue weighted by Gasteiger charge is -2.08. The van der Waals surface area contributed by atoms with Gasteiger partial charge >= 0.3 is 0 Å². The summed E-state index contributed by atoms with van der Waals surface area (Å²) in [7, 11) is -0.152. The largest absolute Gasteiger partial charge is 0.0964 e. The fourth-order valence-corrected chi connectivity index (χ4v) is 4.73. The van der Waals surface area contributed by atoms with Crippen molar-refractivity contribution in [2.45, 2.75) is 104 Å². The fraction of sp³-hybridized carbons (Fsp3) is 1.00. The summed E-state index contributed by atoms with van der Waals surface area (Å²) in [6, 6.07) is 0. The van der Waals surface area contributed by atoms with Crippen molar-refractivity contribution in [2.75, 3.05) is 12.3 Å². The Morgan fingerprint density at radius 3 is 1.30 bits per heavy atom. The molecule has 0 fully saturated rings. The van der Waals surface area contributed by atoms with Gasteiger partial charge < -0.3 is 0 Å². The summed E-state index contributed by atoms with van der Waals surface area (Å²) in [5, 5.41) is 0. The second kappa shape index (κ2) is 17.8. The lowest BCUT2D eigenvalue weighted by atomic mass is 10.1. The molecule has 1 atom stereocenters. The van der Waals surface area contributed by atoms with E-state index in [0.717, 1.165) is 0 Å². The maximum absolute atomic E-state index is 6.36. The first-order valence-electron chi connectivity index (χ1n) is 9.22. The van der Waals surface area contributed by atoms with Crippen LogP contribution in [0.2, 0.25) is 0 Å². The molecule has 0 aliphatic heterocycles. The normalized spacial score (nSPS) is 12.8. The molecule has 0 rings (SSSR count). The highest BCUT2D eigenvalue weighted by Crippen LogP contribution is 2.42. The smallest absolute Gasteiger partial charge is 0.00973 e. The van der Waals surface area contributed by atoms with Crippen molar-refractivity contribution < 1.29 is 0 Å². The van der Waals surface area contributed by atoms with Crippen molar-refractivity contribution in [2.24, 2.45) is 0 Å². The summed E-state index contributed by atoms with van der Waals surface area (Å²) in [6.45, 7) is 4.54. The molecular formula is C18H38ClP. The van der Waals surface area contributed by atoms with E-state index in [1.165, 1.54) is 102 Å². The van der Waals surface area contributed by atoms with Crippen molar-refractivity contribution in [3.63, 3.8) is 0 Å². The van der Waals surface area contributed by atoms with E-state index < -0.39 is 0 Å². The van der Waals surface area contributed by atoms with Gasteiger partial charge in [0.25, 0.3) is 0 Å². The average molecular weight is 321 g/mol. The molecular weight excluding hydrogens is 283 g/mol. The van der Waals surface area contributed by atoms with Gasteiger partial charge in [0.2, 0.25) is 0 Å². The maximum atomic E-state index is 6.36. The Labute approximate surface area is 135 Å². The molecule has 1 unspecified atom stereocenters. The minimum atomic E-state index is -0.152. The van der Waals surface area contributed by atoms with E-state index in [-0.39, 0.29) is 7.27 Å². The van der Waals surface area contributed by atoms with Gasteiger partial charge in [-0.15, -0.1) is 0 Å². The number of unbranched alkanes of at least 4 members (excludes halogenated alkanes) is 12. The standard InChI is InChI=1S/C18H38ClP/c1-3-5-7-8-9-10-11-12-13-14-15-16-18-20(19)17-6-4-2/h3-18H2,1-2H3. The molecule has 0 aromatic heterocycles. The number of hydrogen-bond acceptors (Lipinski definition) is 0. The highest BCUT2D eigenvalue weighted by atomic mass is 35.7. The van der Waals surface area contributed by atoms with Gasteiger partial charge in [0.1, 0.15) is 0 Å². The molecule has 0 radical (unpaired) electrons. The van der Waals surface area contributed by atoms with Crippen LogP contribution in [0.4, 0.5) is 0 Å². The molecule has 0 spiro atoms. The highest BCUT2D eigenvalue weighted by molar-refractivity contribution is 7.83. The molecule has 122 valence electrons. The summed E-state index contributed by atoms with van der Waals surface area (Å²) in [4.78, 5) is 0. The van der Waals surface area contributed by atoms with Crippen LogP contribution in [0.25, 0.3) is 0 Å². The summed E-state index contributed by atoms with van der Waals surface area (Å²) in [6.07, 6.45) is 22.4. The van der Waals surface area contributed by atoms with Gasteiger partial charge in [-0.3, -0.25) is 0 Å². The van der Waals surface area contributed by atoms with Gasteiger partial charge in [-0.1, -0.05) is 102 Å². The van der Waals surface area contributed by atoms with Gasteiger partial charge in [-0.2, -0.15) is 0 Å². The number of halogens is 1. The highest BCUT2D eigenvalue weighted by Gasteiger charge is 2.02. The lowest BCUT2D eigenvalue weighted by molar-refractivity contribution is 0.548. The number of hydrogen-bond donors (Lipinski definition) is 0. The Hall–Kier alpha value is 0.720. The third kappa shape index (κ3) is 16.8. The minimum absolute atomic E-state index is 0.152. The van der Waals surface area contributed by atoms with E-state index in [4.69, 9.17) is 11.2 Å². The Morgan fingerprint density at radius 1 is 0.500 bits per heavy atom. The van der Waals surface area contributed by atoms with Crippen molar-refractivity contribution in [3.8, 4) is 0 Å². The van der Waals surface area contributed by atoms with E-state index >= 15 is 0 Å². The van der Waals surface area contributed by atoms with Gasteiger partial charge in [0, 0.05) is 0 Å². The molecule has 0 bridgehead atoms. The predicted octanol–water partition coefficient (Wildman–Crippen LogP) is 8.12. The molecule has 0 heterocycles. The molecule has 0 saturated carbocycles.